The van der Waals surface area contributed by atoms with Crippen LogP contribution in [0.25, 0.3) is 0 Å². The molecule has 0 atom stereocenters. The van der Waals surface area contributed by atoms with Gasteiger partial charge in [0.2, 0.25) is 0 Å². The number of halogens is 5. The van der Waals surface area contributed by atoms with Crippen molar-refractivity contribution in [3.8, 4) is 0 Å². The summed E-state index contributed by atoms with van der Waals surface area (Å²) >= 11 is 0. The van der Waals surface area contributed by atoms with Crippen molar-refractivity contribution < 1.29 is 23.5 Å². The molecule has 0 aliphatic rings. The van der Waals surface area contributed by atoms with E-state index in [1.165, 1.54) is 0 Å². The van der Waals surface area contributed by atoms with E-state index in [1.807, 2.05) is 0 Å². The van der Waals surface area contributed by atoms with Gasteiger partial charge in [-0.05, 0) is 0 Å². The van der Waals surface area contributed by atoms with Gasteiger partial charge in [-0.2, -0.15) is 0 Å². The van der Waals surface area contributed by atoms with Crippen LogP contribution in [0.4, 0.5) is 0 Å². The van der Waals surface area contributed by atoms with Gasteiger partial charge in [-0.3, -0.25) is 0 Å². The maximum Gasteiger partial charge on any atom is 3.00 e. The summed E-state index contributed by atoms with van der Waals surface area (Å²) in [6, 6.07) is 0. The van der Waals surface area contributed by atoms with Crippen LogP contribution in [0.5, 0.6) is 0 Å². The minimum atomic E-state index is 0. The molecule has 0 saturated carbocycles. The van der Waals surface area contributed by atoms with E-state index in [0.717, 1.165) is 0 Å². The Balaban J connectivity index is 0. The molecule has 0 rings (SSSR count). The molecule has 7 heteroatoms. The van der Waals surface area contributed by atoms with Crippen molar-refractivity contribution in [1.82, 2.24) is 0 Å². The molecule has 0 N–H and O–H groups in total. The normalized spacial score (nSPS) is 0. The second-order valence-electron chi connectivity index (χ2n) is 0. The topological polar surface area (TPSA) is 0 Å². The molecule has 0 bridgehead atoms. The number of hydrogen-bond acceptors (Lipinski definition) is 0. The van der Waals surface area contributed by atoms with E-state index >= 15 is 0 Å². The average molecular weight is 243 g/mol. The van der Waals surface area contributed by atoms with Gasteiger partial charge >= 0.3 is 57.3 Å². The molecule has 0 aromatic carbocycles. The first kappa shape index (κ1) is 266. The third kappa shape index (κ3) is 123. The van der Waals surface area contributed by atoms with Crippen molar-refractivity contribution in [3.05, 3.63) is 0 Å². The Labute approximate surface area is 79.9 Å². The molecular weight excluding hydrogens is 243 g/mol. The van der Waals surface area contributed by atoms with Crippen molar-refractivity contribution in [2.75, 3.05) is 0 Å². The Hall–Kier alpha value is 1.29. The van der Waals surface area contributed by atoms with Crippen LogP contribution >= 0.6 is 0 Å². The quantitative estimate of drug-likeness (QED) is 0.293. The third-order valence-corrected chi connectivity index (χ3v) is 0. The van der Waals surface area contributed by atoms with E-state index in [-0.39, 0.29) is 80.8 Å². The predicted molar refractivity (Wildman–Crippen MR) is 11.5 cm³/mol. The molecule has 0 fully saturated rings. The SMILES string of the molecule is [B+3].[Ba+2].[F-].[F-].[F-].[F-].[F-]. The summed E-state index contributed by atoms with van der Waals surface area (Å²) in [5.41, 5.74) is 0. The maximum absolute atomic E-state index is 0. The fourth-order valence-electron chi connectivity index (χ4n) is 0. The monoisotopic (exact) mass is 244 g/mol. The van der Waals surface area contributed by atoms with Gasteiger partial charge in [-0.15, -0.1) is 0 Å². The smallest absolute Gasteiger partial charge is 1.00 e. The zero-order valence-corrected chi connectivity index (χ0v) is 7.61. The predicted octanol–water partition coefficient (Wildman–Crippen LogP) is -15.7. The van der Waals surface area contributed by atoms with Crippen LogP contribution in [0.3, 0.4) is 0 Å². The molecule has 0 nitrogen and oxygen atoms in total. The number of rotatable bonds is 0. The molecule has 0 radical (unpaired) electrons. The van der Waals surface area contributed by atoms with Crippen LogP contribution in [0.2, 0.25) is 0 Å². The Morgan fingerprint density at radius 2 is 0.429 bits per heavy atom. The Morgan fingerprint density at radius 3 is 0.429 bits per heavy atom. The molecular formula is BBaF5. The molecule has 0 heterocycles. The third-order valence-electron chi connectivity index (χ3n) is 0. The molecule has 7 heavy (non-hydrogen) atoms. The largest absolute Gasteiger partial charge is 3.00 e. The Morgan fingerprint density at radius 1 is 0.429 bits per heavy atom. The molecule has 0 unspecified atom stereocenters. The fraction of sp³-hybridized carbons (Fsp3) is 0. The van der Waals surface area contributed by atoms with Gasteiger partial charge in [-0.25, -0.2) is 0 Å². The van der Waals surface area contributed by atoms with E-state index in [4.69, 9.17) is 0 Å². The number of hydrogen-bond donors (Lipinski definition) is 0. The van der Waals surface area contributed by atoms with Crippen molar-refractivity contribution >= 4 is 57.3 Å². The summed E-state index contributed by atoms with van der Waals surface area (Å²) in [5, 5.41) is 0. The van der Waals surface area contributed by atoms with Crippen LogP contribution in [0.1, 0.15) is 0 Å². The van der Waals surface area contributed by atoms with Gasteiger partial charge < -0.3 is 23.5 Å². The zero-order valence-electron chi connectivity index (χ0n) is 3.17. The summed E-state index contributed by atoms with van der Waals surface area (Å²) in [7, 11) is 0. The van der Waals surface area contributed by atoms with Gasteiger partial charge in [0.15, 0.2) is 0 Å². The van der Waals surface area contributed by atoms with Crippen molar-refractivity contribution in [3.63, 3.8) is 0 Å². The molecule has 0 aliphatic heterocycles. The van der Waals surface area contributed by atoms with Crippen molar-refractivity contribution in [2.24, 2.45) is 0 Å². The minimum Gasteiger partial charge on any atom is -1.00 e. The molecule has 40 valence electrons. The van der Waals surface area contributed by atoms with E-state index < -0.39 is 0 Å². The molecule has 0 aromatic heterocycles. The zero-order chi connectivity index (χ0) is 0. The average Bonchev–Trinajstić information content (AvgIpc) is 0. The summed E-state index contributed by atoms with van der Waals surface area (Å²) in [6.07, 6.45) is 0. The first-order valence-electron chi connectivity index (χ1n) is 0. The first-order chi connectivity index (χ1) is 0. The van der Waals surface area contributed by atoms with Gasteiger partial charge in [0, 0.05) is 0 Å². The molecule has 0 aliphatic carbocycles. The second-order valence-corrected chi connectivity index (χ2v) is 0. The Kier molecular flexibility index (Phi) is 6610. The van der Waals surface area contributed by atoms with Gasteiger partial charge in [0.1, 0.15) is 0 Å². The second kappa shape index (κ2) is 174. The van der Waals surface area contributed by atoms with E-state index in [9.17, 15) is 0 Å². The standard InChI is InChI=1S/B.Ba.5FH/h;;5*1H/q+3;+2;;;;;/p-5. The summed E-state index contributed by atoms with van der Waals surface area (Å²) in [4.78, 5) is 0. The van der Waals surface area contributed by atoms with E-state index in [1.54, 1.807) is 0 Å². The van der Waals surface area contributed by atoms with Gasteiger partial charge in [0.05, 0.1) is 0 Å². The minimum absolute atomic E-state index is 0. The van der Waals surface area contributed by atoms with Crippen LogP contribution in [-0.2, 0) is 0 Å². The van der Waals surface area contributed by atoms with Crippen LogP contribution in [0, 0.1) is 0 Å². The summed E-state index contributed by atoms with van der Waals surface area (Å²) < 4.78 is 0. The molecule has 0 amide bonds. The van der Waals surface area contributed by atoms with Crippen LogP contribution < -0.4 is 23.5 Å². The van der Waals surface area contributed by atoms with Gasteiger partial charge in [0.25, 0.3) is 0 Å². The van der Waals surface area contributed by atoms with Crippen LogP contribution in [-0.4, -0.2) is 57.3 Å². The van der Waals surface area contributed by atoms with E-state index in [2.05, 4.69) is 0 Å². The molecule has 0 spiro atoms. The fourth-order valence-corrected chi connectivity index (χ4v) is 0. The molecule has 0 aromatic rings. The summed E-state index contributed by atoms with van der Waals surface area (Å²) in [6.45, 7) is 0. The van der Waals surface area contributed by atoms with Crippen molar-refractivity contribution in [1.29, 1.82) is 0 Å². The Bertz CT molecular complexity index is 8.04. The van der Waals surface area contributed by atoms with Crippen LogP contribution in [0.15, 0.2) is 0 Å². The summed E-state index contributed by atoms with van der Waals surface area (Å²) in [5.74, 6) is 0. The van der Waals surface area contributed by atoms with Gasteiger partial charge in [-0.1, -0.05) is 0 Å². The van der Waals surface area contributed by atoms with Crippen molar-refractivity contribution in [2.45, 2.75) is 0 Å². The first-order valence-corrected chi connectivity index (χ1v) is 0. The maximum atomic E-state index is 0. The molecule has 0 saturated heterocycles. The van der Waals surface area contributed by atoms with E-state index in [0.29, 0.717) is 0 Å².